The van der Waals surface area contributed by atoms with E-state index in [0.717, 1.165) is 17.5 Å². The van der Waals surface area contributed by atoms with E-state index in [1.54, 1.807) is 0 Å². The number of benzene rings is 2. The third-order valence-corrected chi connectivity index (χ3v) is 7.91. The molecule has 2 aliphatic rings. The lowest BCUT2D eigenvalue weighted by molar-refractivity contribution is 0.0605. The largest absolute Gasteiger partial charge is 0.375 e. The summed E-state index contributed by atoms with van der Waals surface area (Å²) >= 11 is 0. The number of hydrogen-bond acceptors (Lipinski definition) is 3. The standard InChI is InChI=1S/C24H26FNO3S/c1-18-23(25)12-7-13-24(18)30(27,28)26-15-20-10-5-6-11-21(20)16-29-17-22(26)14-19-8-3-2-4-9-19/h2-8,10-13,19,22H,9,14-17H2,1H3. The molecule has 0 amide bonds. The van der Waals surface area contributed by atoms with Gasteiger partial charge in [-0.3, -0.25) is 0 Å². The highest BCUT2D eigenvalue weighted by molar-refractivity contribution is 7.89. The number of allylic oxidation sites excluding steroid dienone is 4. The molecular weight excluding hydrogens is 401 g/mol. The Morgan fingerprint density at radius 2 is 1.90 bits per heavy atom. The van der Waals surface area contributed by atoms with E-state index < -0.39 is 15.8 Å². The number of fused-ring (bicyclic) bond motifs is 1. The van der Waals surface area contributed by atoms with Gasteiger partial charge >= 0.3 is 0 Å². The van der Waals surface area contributed by atoms with Crippen molar-refractivity contribution in [3.05, 3.63) is 89.3 Å². The summed E-state index contributed by atoms with van der Waals surface area (Å²) in [4.78, 5) is 0.0182. The average Bonchev–Trinajstić information content (AvgIpc) is 2.73. The summed E-state index contributed by atoms with van der Waals surface area (Å²) < 4.78 is 49.2. The quantitative estimate of drug-likeness (QED) is 0.708. The Balaban J connectivity index is 1.76. The van der Waals surface area contributed by atoms with Crippen LogP contribution in [0.3, 0.4) is 0 Å². The fourth-order valence-corrected chi connectivity index (χ4v) is 5.99. The van der Waals surface area contributed by atoms with Crippen LogP contribution in [-0.4, -0.2) is 25.4 Å². The van der Waals surface area contributed by atoms with Crippen LogP contribution in [0.5, 0.6) is 0 Å². The van der Waals surface area contributed by atoms with Crippen molar-refractivity contribution in [3.8, 4) is 0 Å². The Morgan fingerprint density at radius 1 is 1.10 bits per heavy atom. The molecule has 0 radical (unpaired) electrons. The highest BCUT2D eigenvalue weighted by atomic mass is 32.2. The van der Waals surface area contributed by atoms with Crippen LogP contribution < -0.4 is 0 Å². The van der Waals surface area contributed by atoms with Gasteiger partial charge in [-0.1, -0.05) is 54.6 Å². The van der Waals surface area contributed by atoms with Crippen LogP contribution in [0.1, 0.15) is 29.5 Å². The third kappa shape index (κ3) is 4.26. The normalized spacial score (nSPS) is 22.3. The van der Waals surface area contributed by atoms with Crippen molar-refractivity contribution in [2.75, 3.05) is 6.61 Å². The van der Waals surface area contributed by atoms with Gasteiger partial charge in [0.2, 0.25) is 10.0 Å². The fourth-order valence-electron chi connectivity index (χ4n) is 4.15. The van der Waals surface area contributed by atoms with Crippen LogP contribution in [0.25, 0.3) is 0 Å². The highest BCUT2D eigenvalue weighted by Crippen LogP contribution is 2.31. The molecule has 1 aliphatic carbocycles. The predicted molar refractivity (Wildman–Crippen MR) is 115 cm³/mol. The van der Waals surface area contributed by atoms with Gasteiger partial charge < -0.3 is 4.74 Å². The van der Waals surface area contributed by atoms with E-state index in [1.165, 1.54) is 29.4 Å². The van der Waals surface area contributed by atoms with Crippen LogP contribution in [0.15, 0.2) is 71.7 Å². The molecule has 2 aromatic carbocycles. The highest BCUT2D eigenvalue weighted by Gasteiger charge is 2.35. The van der Waals surface area contributed by atoms with Crippen molar-refractivity contribution in [2.24, 2.45) is 5.92 Å². The molecule has 158 valence electrons. The first kappa shape index (κ1) is 21.0. The summed E-state index contributed by atoms with van der Waals surface area (Å²) in [5.41, 5.74) is 2.04. The van der Waals surface area contributed by atoms with Crippen LogP contribution >= 0.6 is 0 Å². The summed E-state index contributed by atoms with van der Waals surface area (Å²) in [5.74, 6) is -0.277. The maximum absolute atomic E-state index is 14.2. The Labute approximate surface area is 177 Å². The summed E-state index contributed by atoms with van der Waals surface area (Å²) in [7, 11) is -3.93. The summed E-state index contributed by atoms with van der Waals surface area (Å²) in [6, 6.07) is 11.6. The predicted octanol–water partition coefficient (Wildman–Crippen LogP) is 4.75. The zero-order chi connectivity index (χ0) is 21.1. The Hall–Kier alpha value is -2.28. The Morgan fingerprint density at radius 3 is 2.67 bits per heavy atom. The number of sulfonamides is 1. The number of rotatable bonds is 4. The topological polar surface area (TPSA) is 46.6 Å². The minimum atomic E-state index is -3.93. The SMILES string of the molecule is Cc1c(F)cccc1S(=O)(=O)N1Cc2ccccc2COCC1CC1C=CC=CC1. The fraction of sp³-hybridized carbons (Fsp3) is 0.333. The average molecular weight is 428 g/mol. The van der Waals surface area contributed by atoms with Gasteiger partial charge in [0.05, 0.1) is 18.1 Å². The molecule has 0 fully saturated rings. The minimum Gasteiger partial charge on any atom is -0.375 e. The van der Waals surface area contributed by atoms with Gasteiger partial charge in [0.25, 0.3) is 0 Å². The molecule has 0 spiro atoms. The maximum Gasteiger partial charge on any atom is 0.244 e. The summed E-state index contributed by atoms with van der Waals surface area (Å²) in [5, 5.41) is 0. The first-order valence-electron chi connectivity index (χ1n) is 10.2. The first-order valence-corrected chi connectivity index (χ1v) is 11.7. The number of ether oxygens (including phenoxy) is 1. The lowest BCUT2D eigenvalue weighted by atomic mass is 9.93. The van der Waals surface area contributed by atoms with E-state index >= 15 is 0 Å². The third-order valence-electron chi connectivity index (χ3n) is 5.87. The maximum atomic E-state index is 14.2. The molecule has 0 saturated heterocycles. The van der Waals surface area contributed by atoms with Crippen molar-refractivity contribution in [2.45, 2.75) is 43.9 Å². The molecule has 1 aliphatic heterocycles. The van der Waals surface area contributed by atoms with E-state index in [2.05, 4.69) is 12.2 Å². The summed E-state index contributed by atoms with van der Waals surface area (Å²) in [6.45, 7) is 2.52. The number of hydrogen-bond donors (Lipinski definition) is 0. The van der Waals surface area contributed by atoms with E-state index in [0.29, 0.717) is 19.6 Å². The molecule has 2 atom stereocenters. The van der Waals surface area contributed by atoms with Crippen molar-refractivity contribution < 1.29 is 17.5 Å². The first-order chi connectivity index (χ1) is 14.5. The molecule has 4 rings (SSSR count). The van der Waals surface area contributed by atoms with Gasteiger partial charge in [-0.2, -0.15) is 4.31 Å². The minimum absolute atomic E-state index is 0.0182. The zero-order valence-corrected chi connectivity index (χ0v) is 17.8. The van der Waals surface area contributed by atoms with Gasteiger partial charge in [0.1, 0.15) is 5.82 Å². The van der Waals surface area contributed by atoms with Crippen molar-refractivity contribution >= 4 is 10.0 Å². The second-order valence-corrected chi connectivity index (χ2v) is 9.75. The van der Waals surface area contributed by atoms with Crippen LogP contribution in [-0.2, 0) is 27.9 Å². The smallest absolute Gasteiger partial charge is 0.244 e. The monoisotopic (exact) mass is 427 g/mol. The molecular formula is C24H26FNO3S. The number of halogens is 1. The molecule has 2 aromatic rings. The van der Waals surface area contributed by atoms with Crippen molar-refractivity contribution in [1.29, 1.82) is 0 Å². The molecule has 4 nitrogen and oxygen atoms in total. The molecule has 0 N–H and O–H groups in total. The Bertz CT molecular complexity index is 1080. The van der Waals surface area contributed by atoms with Crippen molar-refractivity contribution in [3.63, 3.8) is 0 Å². The van der Waals surface area contributed by atoms with E-state index in [-0.39, 0.29) is 29.0 Å². The van der Waals surface area contributed by atoms with Gasteiger partial charge in [-0.15, -0.1) is 0 Å². The molecule has 0 bridgehead atoms. The van der Waals surface area contributed by atoms with Gasteiger partial charge in [-0.05, 0) is 48.9 Å². The molecule has 2 unspecified atom stereocenters. The molecule has 0 saturated carbocycles. The van der Waals surface area contributed by atoms with E-state index in [9.17, 15) is 12.8 Å². The van der Waals surface area contributed by atoms with Gasteiger partial charge in [0.15, 0.2) is 0 Å². The number of nitrogens with zero attached hydrogens (tertiary/aromatic N) is 1. The molecule has 1 heterocycles. The molecule has 30 heavy (non-hydrogen) atoms. The lowest BCUT2D eigenvalue weighted by Gasteiger charge is -2.35. The second-order valence-electron chi connectivity index (χ2n) is 7.90. The van der Waals surface area contributed by atoms with E-state index in [4.69, 9.17) is 4.74 Å². The Kier molecular flexibility index (Phi) is 6.18. The van der Waals surface area contributed by atoms with Crippen LogP contribution in [0, 0.1) is 18.7 Å². The van der Waals surface area contributed by atoms with Crippen LogP contribution in [0.2, 0.25) is 0 Å². The molecule has 0 aromatic heterocycles. The lowest BCUT2D eigenvalue weighted by Crippen LogP contribution is -2.44. The van der Waals surface area contributed by atoms with Gasteiger partial charge in [-0.25, -0.2) is 12.8 Å². The van der Waals surface area contributed by atoms with Crippen LogP contribution in [0.4, 0.5) is 4.39 Å². The van der Waals surface area contributed by atoms with Crippen molar-refractivity contribution in [1.82, 2.24) is 4.31 Å². The summed E-state index contributed by atoms with van der Waals surface area (Å²) in [6.07, 6.45) is 9.74. The van der Waals surface area contributed by atoms with E-state index in [1.807, 2.05) is 36.4 Å². The second kappa shape index (κ2) is 8.84. The molecule has 6 heteroatoms. The van der Waals surface area contributed by atoms with Gasteiger partial charge in [0, 0.05) is 18.2 Å². The zero-order valence-electron chi connectivity index (χ0n) is 17.0.